The molecule has 6 heteroatoms. The van der Waals surface area contributed by atoms with Gasteiger partial charge in [-0.15, -0.1) is 0 Å². The number of para-hydroxylation sites is 1. The average molecular weight is 319 g/mol. The molecule has 0 aromatic heterocycles. The predicted molar refractivity (Wildman–Crippen MR) is 85.4 cm³/mol. The van der Waals surface area contributed by atoms with Gasteiger partial charge in [0, 0.05) is 25.0 Å². The van der Waals surface area contributed by atoms with Crippen molar-refractivity contribution in [3.8, 4) is 0 Å². The molecule has 1 heterocycles. The molecule has 3 rings (SSSR count). The van der Waals surface area contributed by atoms with Gasteiger partial charge in [0.05, 0.1) is 12.2 Å². The first-order valence-corrected chi connectivity index (χ1v) is 8.19. The van der Waals surface area contributed by atoms with Crippen molar-refractivity contribution in [2.24, 2.45) is 5.92 Å². The van der Waals surface area contributed by atoms with Gasteiger partial charge in [-0.1, -0.05) is 12.1 Å². The highest BCUT2D eigenvalue weighted by Crippen LogP contribution is 2.29. The highest BCUT2D eigenvalue weighted by molar-refractivity contribution is 5.92. The summed E-state index contributed by atoms with van der Waals surface area (Å²) in [6, 6.07) is 6.36. The highest BCUT2D eigenvalue weighted by atomic mass is 19.1. The van der Waals surface area contributed by atoms with E-state index in [9.17, 15) is 14.0 Å². The number of anilines is 1. The standard InChI is InChI=1S/C17H22FN3O2/c18-14-3-1-2-4-15(14)20-16(22)11-21-9-7-13(8-10-21)19-17(23)12-5-6-12/h1-4,12-13H,5-11H2,(H,19,23)(H,20,22). The lowest BCUT2D eigenvalue weighted by Gasteiger charge is -2.31. The molecule has 1 aliphatic heterocycles. The summed E-state index contributed by atoms with van der Waals surface area (Å²) in [5, 5.41) is 5.69. The third kappa shape index (κ3) is 4.51. The largest absolute Gasteiger partial charge is 0.353 e. The summed E-state index contributed by atoms with van der Waals surface area (Å²) >= 11 is 0. The van der Waals surface area contributed by atoms with Gasteiger partial charge in [0.2, 0.25) is 11.8 Å². The van der Waals surface area contributed by atoms with E-state index >= 15 is 0 Å². The molecule has 0 radical (unpaired) electrons. The van der Waals surface area contributed by atoms with E-state index in [-0.39, 0.29) is 36.0 Å². The van der Waals surface area contributed by atoms with Gasteiger partial charge in [-0.3, -0.25) is 14.5 Å². The number of benzene rings is 1. The van der Waals surface area contributed by atoms with E-state index in [1.807, 2.05) is 4.90 Å². The molecule has 1 saturated carbocycles. The van der Waals surface area contributed by atoms with Gasteiger partial charge in [0.15, 0.2) is 0 Å². The van der Waals surface area contributed by atoms with Gasteiger partial charge in [0.1, 0.15) is 5.82 Å². The summed E-state index contributed by atoms with van der Waals surface area (Å²) in [6.07, 6.45) is 3.73. The van der Waals surface area contributed by atoms with E-state index in [1.54, 1.807) is 18.2 Å². The molecule has 1 aromatic carbocycles. The Balaban J connectivity index is 1.40. The molecule has 2 amide bonds. The van der Waals surface area contributed by atoms with Crippen molar-refractivity contribution in [3.05, 3.63) is 30.1 Å². The molecule has 0 bridgehead atoms. The number of carbonyl (C=O) groups excluding carboxylic acids is 2. The maximum Gasteiger partial charge on any atom is 0.238 e. The Morgan fingerprint density at radius 3 is 2.48 bits per heavy atom. The van der Waals surface area contributed by atoms with Gasteiger partial charge >= 0.3 is 0 Å². The minimum Gasteiger partial charge on any atom is -0.353 e. The average Bonchev–Trinajstić information content (AvgIpc) is 3.36. The lowest BCUT2D eigenvalue weighted by Crippen LogP contribution is -2.46. The molecule has 1 aromatic rings. The maximum absolute atomic E-state index is 13.5. The number of halogens is 1. The summed E-state index contributed by atoms with van der Waals surface area (Å²) < 4.78 is 13.5. The SMILES string of the molecule is O=C(CN1CCC(NC(=O)C2CC2)CC1)Nc1ccccc1F. The monoisotopic (exact) mass is 319 g/mol. The van der Waals surface area contributed by atoms with Crippen LogP contribution in [-0.4, -0.2) is 42.4 Å². The number of likely N-dealkylation sites (tertiary alicyclic amines) is 1. The first-order chi connectivity index (χ1) is 11.1. The first kappa shape index (κ1) is 15.9. The van der Waals surface area contributed by atoms with Crippen LogP contribution in [0, 0.1) is 11.7 Å². The Morgan fingerprint density at radius 2 is 1.83 bits per heavy atom. The molecule has 1 aliphatic carbocycles. The van der Waals surface area contributed by atoms with Crippen LogP contribution < -0.4 is 10.6 Å². The van der Waals surface area contributed by atoms with Crippen molar-refractivity contribution in [1.82, 2.24) is 10.2 Å². The van der Waals surface area contributed by atoms with Gasteiger partial charge < -0.3 is 10.6 Å². The van der Waals surface area contributed by atoms with Gasteiger partial charge in [-0.25, -0.2) is 4.39 Å². The molecule has 2 aliphatic rings. The van der Waals surface area contributed by atoms with Crippen molar-refractivity contribution >= 4 is 17.5 Å². The molecule has 124 valence electrons. The number of amides is 2. The lowest BCUT2D eigenvalue weighted by atomic mass is 10.0. The normalized spacial score (nSPS) is 19.3. The fourth-order valence-electron chi connectivity index (χ4n) is 2.86. The molecular formula is C17H22FN3O2. The lowest BCUT2D eigenvalue weighted by molar-refractivity contribution is -0.123. The summed E-state index contributed by atoms with van der Waals surface area (Å²) in [7, 11) is 0. The van der Waals surface area contributed by atoms with Crippen LogP contribution in [-0.2, 0) is 9.59 Å². The van der Waals surface area contributed by atoms with E-state index in [0.29, 0.717) is 0 Å². The zero-order valence-electron chi connectivity index (χ0n) is 13.1. The number of hydrogen-bond acceptors (Lipinski definition) is 3. The van der Waals surface area contributed by atoms with Crippen molar-refractivity contribution in [1.29, 1.82) is 0 Å². The van der Waals surface area contributed by atoms with E-state index < -0.39 is 5.82 Å². The van der Waals surface area contributed by atoms with Crippen LogP contribution in [0.15, 0.2) is 24.3 Å². The smallest absolute Gasteiger partial charge is 0.238 e. The first-order valence-electron chi connectivity index (χ1n) is 8.19. The Kier molecular flexibility index (Phi) is 4.91. The van der Waals surface area contributed by atoms with Gasteiger partial charge in [0.25, 0.3) is 0 Å². The van der Waals surface area contributed by atoms with Crippen LogP contribution in [0.3, 0.4) is 0 Å². The van der Waals surface area contributed by atoms with Crippen molar-refractivity contribution < 1.29 is 14.0 Å². The summed E-state index contributed by atoms with van der Waals surface area (Å²) in [6.45, 7) is 1.78. The molecule has 5 nitrogen and oxygen atoms in total. The van der Waals surface area contributed by atoms with Gasteiger partial charge in [-0.05, 0) is 37.8 Å². The molecule has 1 saturated heterocycles. The molecule has 0 spiro atoms. The summed E-state index contributed by atoms with van der Waals surface area (Å²) in [5.41, 5.74) is 0.212. The van der Waals surface area contributed by atoms with Crippen LogP contribution in [0.1, 0.15) is 25.7 Å². The number of rotatable bonds is 5. The summed E-state index contributed by atoms with van der Waals surface area (Å²) in [4.78, 5) is 25.8. The van der Waals surface area contributed by atoms with Crippen LogP contribution in [0.5, 0.6) is 0 Å². The van der Waals surface area contributed by atoms with Gasteiger partial charge in [-0.2, -0.15) is 0 Å². The summed E-state index contributed by atoms with van der Waals surface area (Å²) in [5.74, 6) is -0.224. The van der Waals surface area contributed by atoms with Crippen LogP contribution in [0.25, 0.3) is 0 Å². The Hall–Kier alpha value is -1.95. The van der Waals surface area contributed by atoms with Crippen molar-refractivity contribution in [3.63, 3.8) is 0 Å². The van der Waals surface area contributed by atoms with Crippen molar-refractivity contribution in [2.75, 3.05) is 25.0 Å². The Morgan fingerprint density at radius 1 is 1.13 bits per heavy atom. The minimum atomic E-state index is -0.428. The second-order valence-corrected chi connectivity index (χ2v) is 6.36. The number of piperidine rings is 1. The molecule has 2 N–H and O–H groups in total. The number of nitrogens with one attached hydrogen (secondary N) is 2. The predicted octanol–water partition coefficient (Wildman–Crippen LogP) is 1.75. The molecule has 23 heavy (non-hydrogen) atoms. The molecule has 0 unspecified atom stereocenters. The van der Waals surface area contributed by atoms with Crippen molar-refractivity contribution in [2.45, 2.75) is 31.7 Å². The van der Waals surface area contributed by atoms with Crippen LogP contribution in [0.4, 0.5) is 10.1 Å². The zero-order valence-corrected chi connectivity index (χ0v) is 13.1. The van der Waals surface area contributed by atoms with Crippen LogP contribution in [0.2, 0.25) is 0 Å². The van der Waals surface area contributed by atoms with Crippen LogP contribution >= 0.6 is 0 Å². The van der Waals surface area contributed by atoms with E-state index in [0.717, 1.165) is 38.8 Å². The fraction of sp³-hybridized carbons (Fsp3) is 0.529. The van der Waals surface area contributed by atoms with E-state index in [2.05, 4.69) is 10.6 Å². The molecule has 0 atom stereocenters. The minimum absolute atomic E-state index is 0.181. The Bertz CT molecular complexity index is 581. The molecule has 2 fully saturated rings. The highest BCUT2D eigenvalue weighted by Gasteiger charge is 2.31. The topological polar surface area (TPSA) is 61.4 Å². The van der Waals surface area contributed by atoms with E-state index in [4.69, 9.17) is 0 Å². The van der Waals surface area contributed by atoms with E-state index in [1.165, 1.54) is 6.07 Å². The maximum atomic E-state index is 13.5. The third-order valence-electron chi connectivity index (χ3n) is 4.40. The quantitative estimate of drug-likeness (QED) is 0.869. The second-order valence-electron chi connectivity index (χ2n) is 6.36. The fourth-order valence-corrected chi connectivity index (χ4v) is 2.86. The zero-order chi connectivity index (χ0) is 16.2. The number of nitrogens with zero attached hydrogens (tertiary/aromatic N) is 1. The molecular weight excluding hydrogens is 297 g/mol. The number of hydrogen-bond donors (Lipinski definition) is 2. The number of carbonyl (C=O) groups is 2. The third-order valence-corrected chi connectivity index (χ3v) is 4.40. The second kappa shape index (κ2) is 7.08. The Labute approximate surface area is 135 Å².